The molecule has 1 N–H and O–H groups in total. The molecule has 0 bridgehead atoms. The SMILES string of the molecule is CCCCCCCCC[CH-]CC(=O)OC(C)COS(=O)(=O)O.[K+]. The average molecular weight is 377 g/mol. The van der Waals surface area contributed by atoms with E-state index in [-0.39, 0.29) is 64.4 Å². The molecule has 0 saturated carbocycles. The maximum absolute atomic E-state index is 11.5. The second-order valence-electron chi connectivity index (χ2n) is 5.42. The summed E-state index contributed by atoms with van der Waals surface area (Å²) in [4.78, 5) is 11.5. The van der Waals surface area contributed by atoms with Crippen molar-refractivity contribution < 1.29 is 78.1 Å². The molecule has 23 heavy (non-hydrogen) atoms. The summed E-state index contributed by atoms with van der Waals surface area (Å²) in [5.41, 5.74) is 0. The van der Waals surface area contributed by atoms with Gasteiger partial charge < -0.3 is 11.2 Å². The van der Waals surface area contributed by atoms with Crippen molar-refractivity contribution in [1.29, 1.82) is 0 Å². The van der Waals surface area contributed by atoms with Gasteiger partial charge in [0.2, 0.25) is 0 Å². The van der Waals surface area contributed by atoms with Crippen LogP contribution in [0.1, 0.15) is 71.6 Å². The maximum atomic E-state index is 11.5. The van der Waals surface area contributed by atoms with Gasteiger partial charge >= 0.3 is 61.8 Å². The van der Waals surface area contributed by atoms with Crippen molar-refractivity contribution in [2.75, 3.05) is 6.61 Å². The minimum Gasteiger partial charge on any atom is -0.462 e. The first-order valence-corrected chi connectivity index (χ1v) is 9.34. The van der Waals surface area contributed by atoms with Gasteiger partial charge in [-0.15, -0.1) is 0 Å². The Morgan fingerprint density at radius 1 is 1.13 bits per heavy atom. The number of unbranched alkanes of at least 4 members (excludes halogenated alkanes) is 8. The number of hydrogen-bond acceptors (Lipinski definition) is 5. The Kier molecular flexibility index (Phi) is 18.7. The molecule has 0 radical (unpaired) electrons. The summed E-state index contributed by atoms with van der Waals surface area (Å²) in [5.74, 6) is -0.422. The van der Waals surface area contributed by atoms with E-state index in [2.05, 4.69) is 11.1 Å². The number of hydrogen-bond donors (Lipinski definition) is 1. The van der Waals surface area contributed by atoms with Crippen LogP contribution in [0.4, 0.5) is 0 Å². The third kappa shape index (κ3) is 20.9. The molecule has 0 spiro atoms. The molecule has 0 saturated heterocycles. The van der Waals surface area contributed by atoms with Crippen LogP contribution in [-0.4, -0.2) is 31.7 Å². The molecular formula is C15H29KO6S. The molecule has 0 aromatic carbocycles. The standard InChI is InChI=1S/C15H29O6S.K/c1-3-4-5-6-7-8-9-10-11-12-15(16)21-14(2)13-20-22(17,18)19;/h11,14H,3-10,12-13H2,1-2H3,(H,17,18,19);/q-1;+1. The van der Waals surface area contributed by atoms with E-state index in [1.165, 1.54) is 45.4 Å². The van der Waals surface area contributed by atoms with Crippen LogP contribution >= 0.6 is 0 Å². The molecule has 132 valence electrons. The van der Waals surface area contributed by atoms with Crippen molar-refractivity contribution in [2.45, 2.75) is 77.7 Å². The Bertz CT molecular complexity index is 385. The third-order valence-corrected chi connectivity index (χ3v) is 3.54. The number of rotatable bonds is 14. The fraction of sp³-hybridized carbons (Fsp3) is 0.867. The molecule has 0 fully saturated rings. The summed E-state index contributed by atoms with van der Waals surface area (Å²) in [5, 5.41) is 0. The summed E-state index contributed by atoms with van der Waals surface area (Å²) >= 11 is 0. The summed E-state index contributed by atoms with van der Waals surface area (Å²) < 4.78 is 38.2. The Balaban J connectivity index is 0. The minimum absolute atomic E-state index is 0. The minimum atomic E-state index is -4.49. The van der Waals surface area contributed by atoms with Gasteiger partial charge in [0.1, 0.15) is 12.7 Å². The van der Waals surface area contributed by atoms with Crippen molar-refractivity contribution in [2.24, 2.45) is 0 Å². The summed E-state index contributed by atoms with van der Waals surface area (Å²) in [7, 11) is -4.49. The van der Waals surface area contributed by atoms with E-state index < -0.39 is 22.5 Å². The molecule has 8 heteroatoms. The number of carbonyl (C=O) groups is 1. The van der Waals surface area contributed by atoms with Gasteiger partial charge in [-0.25, -0.2) is 4.18 Å². The van der Waals surface area contributed by atoms with Crippen LogP contribution in [0.5, 0.6) is 0 Å². The Hall–Kier alpha value is 0.976. The predicted molar refractivity (Wildman–Crippen MR) is 84.6 cm³/mol. The normalized spacial score (nSPS) is 12.5. The first kappa shape index (κ1) is 26.2. The fourth-order valence-corrected chi connectivity index (χ4v) is 2.32. The summed E-state index contributed by atoms with van der Waals surface area (Å²) in [6, 6.07) is 0. The van der Waals surface area contributed by atoms with E-state index in [0.717, 1.165) is 12.8 Å². The second kappa shape index (κ2) is 16.4. The van der Waals surface area contributed by atoms with Gasteiger partial charge in [0.15, 0.2) is 0 Å². The molecule has 0 aromatic rings. The average Bonchev–Trinajstić information content (AvgIpc) is 2.42. The molecule has 0 aliphatic carbocycles. The van der Waals surface area contributed by atoms with Crippen LogP contribution in [0.25, 0.3) is 0 Å². The largest absolute Gasteiger partial charge is 1.00 e. The summed E-state index contributed by atoms with van der Waals surface area (Å²) in [6.45, 7) is 3.31. The van der Waals surface area contributed by atoms with E-state index >= 15 is 0 Å². The molecule has 0 aliphatic rings. The zero-order valence-corrected chi connectivity index (χ0v) is 18.6. The fourth-order valence-electron chi connectivity index (χ4n) is 1.95. The topological polar surface area (TPSA) is 89.9 Å². The zero-order valence-electron chi connectivity index (χ0n) is 14.6. The van der Waals surface area contributed by atoms with Crippen LogP contribution in [0.3, 0.4) is 0 Å². The Labute approximate surface area is 183 Å². The van der Waals surface area contributed by atoms with Gasteiger partial charge in [0.05, 0.1) is 0 Å². The van der Waals surface area contributed by atoms with E-state index in [4.69, 9.17) is 9.29 Å². The molecule has 0 rings (SSSR count). The number of carbonyl (C=O) groups excluding carboxylic acids is 1. The summed E-state index contributed by atoms with van der Waals surface area (Å²) in [6.07, 6.45) is 10.9. The van der Waals surface area contributed by atoms with Crippen molar-refractivity contribution >= 4 is 16.4 Å². The molecular weight excluding hydrogens is 347 g/mol. The Morgan fingerprint density at radius 2 is 1.70 bits per heavy atom. The number of esters is 1. The molecule has 0 heterocycles. The maximum Gasteiger partial charge on any atom is 1.00 e. The van der Waals surface area contributed by atoms with Crippen molar-refractivity contribution in [3.8, 4) is 0 Å². The second-order valence-corrected chi connectivity index (χ2v) is 6.51. The first-order chi connectivity index (χ1) is 10.3. The quantitative estimate of drug-likeness (QED) is 0.156. The van der Waals surface area contributed by atoms with Crippen LogP contribution in [0.2, 0.25) is 0 Å². The van der Waals surface area contributed by atoms with Gasteiger partial charge in [0, 0.05) is 0 Å². The van der Waals surface area contributed by atoms with Gasteiger partial charge in [-0.1, -0.05) is 58.3 Å². The van der Waals surface area contributed by atoms with Crippen molar-refractivity contribution in [3.63, 3.8) is 0 Å². The third-order valence-electron chi connectivity index (χ3n) is 3.11. The van der Waals surface area contributed by atoms with E-state index in [1.807, 2.05) is 6.42 Å². The monoisotopic (exact) mass is 376 g/mol. The zero-order chi connectivity index (χ0) is 16.8. The van der Waals surface area contributed by atoms with Crippen LogP contribution < -0.4 is 51.4 Å². The van der Waals surface area contributed by atoms with Gasteiger partial charge in [0.25, 0.3) is 5.97 Å². The number of ether oxygens (including phenoxy) is 1. The molecule has 0 amide bonds. The van der Waals surface area contributed by atoms with Crippen molar-refractivity contribution in [1.82, 2.24) is 0 Å². The van der Waals surface area contributed by atoms with Gasteiger partial charge in [-0.2, -0.15) is 14.8 Å². The van der Waals surface area contributed by atoms with Crippen LogP contribution in [0, 0.1) is 6.42 Å². The molecule has 6 nitrogen and oxygen atoms in total. The van der Waals surface area contributed by atoms with Crippen LogP contribution in [0.15, 0.2) is 0 Å². The van der Waals surface area contributed by atoms with Gasteiger partial charge in [-0.3, -0.25) is 9.35 Å². The van der Waals surface area contributed by atoms with Crippen LogP contribution in [-0.2, 0) is 24.1 Å². The van der Waals surface area contributed by atoms with E-state index in [1.54, 1.807) is 0 Å². The molecule has 0 aliphatic heterocycles. The Morgan fingerprint density at radius 3 is 2.26 bits per heavy atom. The molecule has 1 unspecified atom stereocenters. The smallest absolute Gasteiger partial charge is 0.462 e. The predicted octanol–water partition coefficient (Wildman–Crippen LogP) is 0.477. The van der Waals surface area contributed by atoms with E-state index in [9.17, 15) is 13.2 Å². The molecule has 1 atom stereocenters. The molecule has 0 aromatic heterocycles. The van der Waals surface area contributed by atoms with Crippen molar-refractivity contribution in [3.05, 3.63) is 6.42 Å². The van der Waals surface area contributed by atoms with E-state index in [0.29, 0.717) is 0 Å². The first-order valence-electron chi connectivity index (χ1n) is 7.98. The van der Waals surface area contributed by atoms with Gasteiger partial charge in [-0.05, 0) is 6.92 Å².